The van der Waals surface area contributed by atoms with Crippen LogP contribution in [0.5, 0.6) is 11.5 Å². The highest BCUT2D eigenvalue weighted by Crippen LogP contribution is 2.33. The number of hydrogen-bond acceptors (Lipinski definition) is 7. The third-order valence-corrected chi connectivity index (χ3v) is 5.93. The van der Waals surface area contributed by atoms with Gasteiger partial charge in [0.2, 0.25) is 0 Å². The number of hydrogen-bond donors (Lipinski definition) is 0. The molecule has 0 aliphatic rings. The lowest BCUT2D eigenvalue weighted by Gasteiger charge is -2.14. The van der Waals surface area contributed by atoms with Crippen molar-refractivity contribution in [3.8, 4) is 28.4 Å². The number of carbonyl (C=O) groups excluding carboxylic acids is 2. The van der Waals surface area contributed by atoms with Crippen molar-refractivity contribution >= 4 is 11.9 Å². The Bertz CT molecular complexity index is 1460. The monoisotopic (exact) mass is 512 g/mol. The molecule has 0 radical (unpaired) electrons. The number of aromatic nitrogens is 2. The van der Waals surface area contributed by atoms with Gasteiger partial charge in [0, 0.05) is 11.1 Å². The van der Waals surface area contributed by atoms with E-state index >= 15 is 0 Å². The van der Waals surface area contributed by atoms with E-state index in [0.717, 1.165) is 16.9 Å². The lowest BCUT2D eigenvalue weighted by atomic mass is 10.0. The van der Waals surface area contributed by atoms with Crippen molar-refractivity contribution in [2.24, 2.45) is 0 Å². The molecule has 0 saturated carbocycles. The molecule has 0 saturated heterocycles. The molecule has 8 nitrogen and oxygen atoms in total. The Balaban J connectivity index is 1.83. The summed E-state index contributed by atoms with van der Waals surface area (Å²) in [6.07, 6.45) is 2.49. The number of benzene rings is 3. The van der Waals surface area contributed by atoms with Crippen molar-refractivity contribution < 1.29 is 28.5 Å². The number of nitrogens with zero attached hydrogens (tertiary/aromatic N) is 2. The third kappa shape index (κ3) is 5.29. The smallest absolute Gasteiger partial charge is 0.357 e. The van der Waals surface area contributed by atoms with Crippen molar-refractivity contribution in [2.75, 3.05) is 21.3 Å². The SMILES string of the molecule is C=CCc1ccccc1OCc1cc(-c2nn(-c3ccccc3)c(C(=O)OC)c2C(=O)OC)ccc1OC. The molecule has 0 amide bonds. The van der Waals surface area contributed by atoms with E-state index in [0.29, 0.717) is 23.4 Å². The Labute approximate surface area is 221 Å². The molecule has 4 rings (SSSR count). The number of ether oxygens (including phenoxy) is 4. The van der Waals surface area contributed by atoms with Crippen LogP contribution >= 0.6 is 0 Å². The fourth-order valence-electron chi connectivity index (χ4n) is 4.12. The van der Waals surface area contributed by atoms with E-state index in [4.69, 9.17) is 18.9 Å². The maximum absolute atomic E-state index is 13.0. The van der Waals surface area contributed by atoms with Crippen LogP contribution in [-0.4, -0.2) is 43.0 Å². The molecule has 1 aromatic heterocycles. The Morgan fingerprint density at radius 2 is 1.58 bits per heavy atom. The van der Waals surface area contributed by atoms with Gasteiger partial charge in [-0.05, 0) is 48.4 Å². The molecule has 38 heavy (non-hydrogen) atoms. The summed E-state index contributed by atoms with van der Waals surface area (Å²) in [6.45, 7) is 4.01. The predicted molar refractivity (Wildman–Crippen MR) is 143 cm³/mol. The average Bonchev–Trinajstić information content (AvgIpc) is 3.37. The quantitative estimate of drug-likeness (QED) is 0.207. The largest absolute Gasteiger partial charge is 0.496 e. The van der Waals surface area contributed by atoms with E-state index in [-0.39, 0.29) is 23.6 Å². The third-order valence-electron chi connectivity index (χ3n) is 5.93. The van der Waals surface area contributed by atoms with E-state index < -0.39 is 11.9 Å². The van der Waals surface area contributed by atoms with Crippen LogP contribution in [-0.2, 0) is 22.5 Å². The number of rotatable bonds is 10. The highest BCUT2D eigenvalue weighted by molar-refractivity contribution is 6.06. The number of carbonyl (C=O) groups is 2. The van der Waals surface area contributed by atoms with E-state index in [1.807, 2.05) is 54.6 Å². The molecule has 0 atom stereocenters. The van der Waals surface area contributed by atoms with Crippen molar-refractivity contribution in [3.05, 3.63) is 108 Å². The second kappa shape index (κ2) is 11.9. The van der Waals surface area contributed by atoms with Gasteiger partial charge in [-0.15, -0.1) is 6.58 Å². The molecule has 8 heteroatoms. The lowest BCUT2D eigenvalue weighted by Crippen LogP contribution is -2.15. The normalized spacial score (nSPS) is 10.5. The number of allylic oxidation sites excluding steroid dienone is 1. The van der Waals surface area contributed by atoms with E-state index in [2.05, 4.69) is 11.7 Å². The zero-order valence-electron chi connectivity index (χ0n) is 21.5. The summed E-state index contributed by atoms with van der Waals surface area (Å²) >= 11 is 0. The molecule has 0 unspecified atom stereocenters. The van der Waals surface area contributed by atoms with Crippen molar-refractivity contribution in [1.29, 1.82) is 0 Å². The first-order chi connectivity index (χ1) is 18.5. The standard InChI is InChI=1S/C30H28N2O6/c1-5-11-20-12-9-10-15-25(20)38-19-22-18-21(16-17-24(22)35-2)27-26(29(33)36-3)28(30(34)37-4)32(31-27)23-13-7-6-8-14-23/h5-10,12-18H,1,11,19H2,2-4H3. The van der Waals surface area contributed by atoms with Gasteiger partial charge in [0.15, 0.2) is 5.69 Å². The summed E-state index contributed by atoms with van der Waals surface area (Å²) in [7, 11) is 4.07. The van der Waals surface area contributed by atoms with Gasteiger partial charge in [0.25, 0.3) is 0 Å². The van der Waals surface area contributed by atoms with Crippen molar-refractivity contribution in [3.63, 3.8) is 0 Å². The van der Waals surface area contributed by atoms with Crippen LogP contribution in [0.15, 0.2) is 85.5 Å². The Hall–Kier alpha value is -4.85. The zero-order chi connectivity index (χ0) is 27.1. The maximum atomic E-state index is 13.0. The van der Waals surface area contributed by atoms with Crippen LogP contribution in [0, 0.1) is 0 Å². The number of esters is 2. The topological polar surface area (TPSA) is 88.9 Å². The molecule has 0 aliphatic carbocycles. The Kier molecular flexibility index (Phi) is 8.23. The fraction of sp³-hybridized carbons (Fsp3) is 0.167. The number of para-hydroxylation sites is 2. The molecule has 4 aromatic rings. The lowest BCUT2D eigenvalue weighted by molar-refractivity contribution is 0.0549. The zero-order valence-corrected chi connectivity index (χ0v) is 21.5. The van der Waals surface area contributed by atoms with Crippen LogP contribution in [0.25, 0.3) is 16.9 Å². The summed E-state index contributed by atoms with van der Waals surface area (Å²) in [5.41, 5.74) is 3.11. The highest BCUT2D eigenvalue weighted by Gasteiger charge is 2.31. The Morgan fingerprint density at radius 1 is 0.868 bits per heavy atom. The minimum absolute atomic E-state index is 0.00318. The minimum Gasteiger partial charge on any atom is -0.496 e. The fourth-order valence-corrected chi connectivity index (χ4v) is 4.12. The van der Waals surface area contributed by atoms with Crippen LogP contribution in [0.1, 0.15) is 32.0 Å². The summed E-state index contributed by atoms with van der Waals surface area (Å²) in [4.78, 5) is 25.8. The maximum Gasteiger partial charge on any atom is 0.357 e. The van der Waals surface area contributed by atoms with Gasteiger partial charge >= 0.3 is 11.9 Å². The van der Waals surface area contributed by atoms with Gasteiger partial charge in [0.05, 0.1) is 27.0 Å². The molecule has 0 N–H and O–H groups in total. The van der Waals surface area contributed by atoms with E-state index in [9.17, 15) is 9.59 Å². The first-order valence-corrected chi connectivity index (χ1v) is 11.9. The molecule has 0 aliphatic heterocycles. The predicted octanol–water partition coefficient (Wildman–Crippen LogP) is 5.43. The molecular weight excluding hydrogens is 484 g/mol. The van der Waals surface area contributed by atoms with Crippen molar-refractivity contribution in [2.45, 2.75) is 13.0 Å². The molecule has 0 bridgehead atoms. The second-order valence-electron chi connectivity index (χ2n) is 8.22. The highest BCUT2D eigenvalue weighted by atomic mass is 16.5. The van der Waals surface area contributed by atoms with Crippen LogP contribution < -0.4 is 9.47 Å². The minimum atomic E-state index is -0.719. The van der Waals surface area contributed by atoms with Crippen LogP contribution in [0.3, 0.4) is 0 Å². The summed E-state index contributed by atoms with van der Waals surface area (Å²) in [6, 6.07) is 22.1. The van der Waals surface area contributed by atoms with E-state index in [1.54, 1.807) is 31.4 Å². The Morgan fingerprint density at radius 3 is 2.26 bits per heavy atom. The van der Waals surface area contributed by atoms with Crippen LogP contribution in [0.2, 0.25) is 0 Å². The second-order valence-corrected chi connectivity index (χ2v) is 8.22. The van der Waals surface area contributed by atoms with E-state index in [1.165, 1.54) is 18.9 Å². The average molecular weight is 513 g/mol. The van der Waals surface area contributed by atoms with Gasteiger partial charge in [-0.2, -0.15) is 5.10 Å². The molecule has 3 aromatic carbocycles. The molecule has 1 heterocycles. The molecule has 194 valence electrons. The summed E-state index contributed by atoms with van der Waals surface area (Å²) in [5, 5.41) is 4.66. The van der Waals surface area contributed by atoms with Crippen molar-refractivity contribution in [1.82, 2.24) is 9.78 Å². The molecular formula is C30H28N2O6. The molecule has 0 spiro atoms. The summed E-state index contributed by atoms with van der Waals surface area (Å²) in [5.74, 6) is -0.0971. The van der Waals surface area contributed by atoms with Gasteiger partial charge in [0.1, 0.15) is 29.4 Å². The summed E-state index contributed by atoms with van der Waals surface area (Å²) < 4.78 is 23.1. The van der Waals surface area contributed by atoms with Gasteiger partial charge in [-0.1, -0.05) is 42.5 Å². The number of methoxy groups -OCH3 is 3. The van der Waals surface area contributed by atoms with Gasteiger partial charge < -0.3 is 18.9 Å². The van der Waals surface area contributed by atoms with Crippen LogP contribution in [0.4, 0.5) is 0 Å². The first-order valence-electron chi connectivity index (χ1n) is 11.9. The van der Waals surface area contributed by atoms with Gasteiger partial charge in [-0.3, -0.25) is 0 Å². The first kappa shape index (κ1) is 26.2. The van der Waals surface area contributed by atoms with Gasteiger partial charge in [-0.25, -0.2) is 14.3 Å². The molecule has 0 fully saturated rings.